The summed E-state index contributed by atoms with van der Waals surface area (Å²) in [7, 11) is 0. The fraction of sp³-hybridized carbons (Fsp3) is 0.926. The Morgan fingerprint density at radius 3 is 0.926 bits per heavy atom. The SMILES string of the molecule is CC(C)CCCCCCCC/C=C\CCCCCCCCCCCC(C)C. The first-order chi connectivity index (χ1) is 13.1. The van der Waals surface area contributed by atoms with Crippen LogP contribution in [0.15, 0.2) is 12.2 Å². The number of allylic oxidation sites excluding steroid dienone is 2. The maximum atomic E-state index is 2.44. The van der Waals surface area contributed by atoms with Gasteiger partial charge in [0.1, 0.15) is 0 Å². The minimum atomic E-state index is 0.888. The summed E-state index contributed by atoms with van der Waals surface area (Å²) in [6, 6.07) is 0. The van der Waals surface area contributed by atoms with E-state index >= 15 is 0 Å². The van der Waals surface area contributed by atoms with Crippen LogP contribution in [0, 0.1) is 11.8 Å². The summed E-state index contributed by atoms with van der Waals surface area (Å²) in [5, 5.41) is 0. The molecule has 0 saturated heterocycles. The zero-order valence-electron chi connectivity index (χ0n) is 19.7. The third-order valence-electron chi connectivity index (χ3n) is 5.72. The van der Waals surface area contributed by atoms with Crippen LogP contribution in [0.5, 0.6) is 0 Å². The highest BCUT2D eigenvalue weighted by molar-refractivity contribution is 4.81. The minimum Gasteiger partial charge on any atom is -0.0885 e. The third kappa shape index (κ3) is 25.7. The van der Waals surface area contributed by atoms with Crippen molar-refractivity contribution in [1.29, 1.82) is 0 Å². The quantitative estimate of drug-likeness (QED) is 0.138. The van der Waals surface area contributed by atoms with Gasteiger partial charge in [-0.25, -0.2) is 0 Å². The molecule has 0 nitrogen and oxygen atoms in total. The molecule has 0 aromatic carbocycles. The van der Waals surface area contributed by atoms with Crippen LogP contribution in [0.1, 0.15) is 150 Å². The van der Waals surface area contributed by atoms with Crippen LogP contribution >= 0.6 is 0 Å². The van der Waals surface area contributed by atoms with Gasteiger partial charge >= 0.3 is 0 Å². The van der Waals surface area contributed by atoms with E-state index in [-0.39, 0.29) is 0 Å². The molecule has 0 unspecified atom stereocenters. The van der Waals surface area contributed by atoms with Crippen LogP contribution in [-0.2, 0) is 0 Å². The van der Waals surface area contributed by atoms with E-state index < -0.39 is 0 Å². The number of unbranched alkanes of at least 4 members (excludes halogenated alkanes) is 15. The molecule has 162 valence electrons. The van der Waals surface area contributed by atoms with Gasteiger partial charge in [0.15, 0.2) is 0 Å². The van der Waals surface area contributed by atoms with Crippen LogP contribution < -0.4 is 0 Å². The molecule has 0 rings (SSSR count). The van der Waals surface area contributed by atoms with Crippen molar-refractivity contribution in [3.63, 3.8) is 0 Å². The van der Waals surface area contributed by atoms with Crippen LogP contribution in [0.4, 0.5) is 0 Å². The summed E-state index contributed by atoms with van der Waals surface area (Å²) in [6.45, 7) is 9.35. The molecule has 0 aliphatic carbocycles. The van der Waals surface area contributed by atoms with Crippen molar-refractivity contribution >= 4 is 0 Å². The minimum absolute atomic E-state index is 0.888. The standard InChI is InChI=1S/C27H54/c1-26(2)24-22-20-18-16-14-12-10-8-6-5-7-9-11-13-15-17-19-21-23-25-27(3)4/h6,8,26-27H,5,7,9-25H2,1-4H3/b8-6-. The molecule has 0 atom stereocenters. The Kier molecular flexibility index (Phi) is 21.8. The molecule has 0 N–H and O–H groups in total. The maximum Gasteiger partial charge on any atom is -0.0351 e. The lowest BCUT2D eigenvalue weighted by Gasteiger charge is -2.04. The third-order valence-corrected chi connectivity index (χ3v) is 5.72. The van der Waals surface area contributed by atoms with Crippen molar-refractivity contribution in [3.05, 3.63) is 12.2 Å². The second-order valence-corrected chi connectivity index (χ2v) is 9.72. The average molecular weight is 379 g/mol. The molecule has 0 aromatic rings. The second kappa shape index (κ2) is 22.0. The summed E-state index contributed by atoms with van der Waals surface area (Å²) < 4.78 is 0. The van der Waals surface area contributed by atoms with Crippen molar-refractivity contribution in [2.75, 3.05) is 0 Å². The lowest BCUT2D eigenvalue weighted by atomic mass is 10.0. The van der Waals surface area contributed by atoms with Gasteiger partial charge in [0.2, 0.25) is 0 Å². The molecular formula is C27H54. The molecule has 0 spiro atoms. The molecule has 0 amide bonds. The highest BCUT2D eigenvalue weighted by atomic mass is 14.0. The van der Waals surface area contributed by atoms with Gasteiger partial charge in [-0.15, -0.1) is 0 Å². The summed E-state index contributed by atoms with van der Waals surface area (Å²) in [6.07, 6.45) is 32.0. The first-order valence-electron chi connectivity index (χ1n) is 12.8. The van der Waals surface area contributed by atoms with Gasteiger partial charge in [-0.05, 0) is 37.5 Å². The molecule has 27 heavy (non-hydrogen) atoms. The van der Waals surface area contributed by atoms with Gasteiger partial charge in [-0.1, -0.05) is 136 Å². The van der Waals surface area contributed by atoms with Gasteiger partial charge in [0.25, 0.3) is 0 Å². The van der Waals surface area contributed by atoms with Crippen LogP contribution in [0.25, 0.3) is 0 Å². The monoisotopic (exact) mass is 378 g/mol. The molecule has 0 radical (unpaired) electrons. The Balaban J connectivity index is 3.09. The zero-order valence-corrected chi connectivity index (χ0v) is 19.7. The molecule has 0 aliphatic rings. The average Bonchev–Trinajstić information content (AvgIpc) is 2.62. The van der Waals surface area contributed by atoms with Crippen molar-refractivity contribution in [2.24, 2.45) is 11.8 Å². The topological polar surface area (TPSA) is 0 Å². The van der Waals surface area contributed by atoms with E-state index in [9.17, 15) is 0 Å². The van der Waals surface area contributed by atoms with E-state index in [1.165, 1.54) is 122 Å². The van der Waals surface area contributed by atoms with Gasteiger partial charge in [-0.2, -0.15) is 0 Å². The Labute approximate surface area is 174 Å². The predicted octanol–water partition coefficient (Wildman–Crippen LogP) is 10.3. The van der Waals surface area contributed by atoms with E-state index in [0.717, 1.165) is 11.8 Å². The first-order valence-corrected chi connectivity index (χ1v) is 12.8. The Morgan fingerprint density at radius 1 is 0.370 bits per heavy atom. The molecule has 0 heterocycles. The molecule has 0 saturated carbocycles. The molecule has 0 bridgehead atoms. The van der Waals surface area contributed by atoms with E-state index in [1.54, 1.807) is 0 Å². The van der Waals surface area contributed by atoms with Gasteiger partial charge in [0, 0.05) is 0 Å². The first kappa shape index (κ1) is 26.7. The van der Waals surface area contributed by atoms with Gasteiger partial charge in [-0.3, -0.25) is 0 Å². The molecular weight excluding hydrogens is 324 g/mol. The summed E-state index contributed by atoms with van der Waals surface area (Å²) in [5.41, 5.74) is 0. The van der Waals surface area contributed by atoms with Crippen LogP contribution in [0.2, 0.25) is 0 Å². The molecule has 0 aromatic heterocycles. The summed E-state index contributed by atoms with van der Waals surface area (Å²) in [4.78, 5) is 0. The Hall–Kier alpha value is -0.260. The van der Waals surface area contributed by atoms with Gasteiger partial charge in [0.05, 0.1) is 0 Å². The number of hydrogen-bond donors (Lipinski definition) is 0. The zero-order chi connectivity index (χ0) is 20.0. The predicted molar refractivity (Wildman–Crippen MR) is 127 cm³/mol. The molecule has 0 aliphatic heterocycles. The Bertz CT molecular complexity index is 286. The number of rotatable bonds is 21. The van der Waals surface area contributed by atoms with Crippen molar-refractivity contribution < 1.29 is 0 Å². The largest absolute Gasteiger partial charge is 0.0885 e. The molecule has 0 fully saturated rings. The number of hydrogen-bond acceptors (Lipinski definition) is 0. The van der Waals surface area contributed by atoms with Crippen molar-refractivity contribution in [3.8, 4) is 0 Å². The normalized spacial score (nSPS) is 12.1. The summed E-state index contributed by atoms with van der Waals surface area (Å²) in [5.74, 6) is 1.78. The van der Waals surface area contributed by atoms with Crippen LogP contribution in [0.3, 0.4) is 0 Å². The molecule has 0 heteroatoms. The summed E-state index contributed by atoms with van der Waals surface area (Å²) >= 11 is 0. The van der Waals surface area contributed by atoms with E-state index in [2.05, 4.69) is 39.8 Å². The second-order valence-electron chi connectivity index (χ2n) is 9.72. The highest BCUT2D eigenvalue weighted by Crippen LogP contribution is 2.14. The smallest absolute Gasteiger partial charge is 0.0351 e. The Morgan fingerprint density at radius 2 is 0.630 bits per heavy atom. The maximum absolute atomic E-state index is 2.44. The van der Waals surface area contributed by atoms with Crippen molar-refractivity contribution in [1.82, 2.24) is 0 Å². The fourth-order valence-corrected chi connectivity index (χ4v) is 3.81. The van der Waals surface area contributed by atoms with Crippen molar-refractivity contribution in [2.45, 2.75) is 150 Å². The van der Waals surface area contributed by atoms with E-state index in [0.29, 0.717) is 0 Å². The lowest BCUT2D eigenvalue weighted by molar-refractivity contribution is 0.506. The highest BCUT2D eigenvalue weighted by Gasteiger charge is 1.96. The lowest BCUT2D eigenvalue weighted by Crippen LogP contribution is -1.87. The van der Waals surface area contributed by atoms with Gasteiger partial charge < -0.3 is 0 Å². The fourth-order valence-electron chi connectivity index (χ4n) is 3.81. The van der Waals surface area contributed by atoms with E-state index in [1.807, 2.05) is 0 Å². The van der Waals surface area contributed by atoms with Crippen LogP contribution in [-0.4, -0.2) is 0 Å². The van der Waals surface area contributed by atoms with E-state index in [4.69, 9.17) is 0 Å².